The molecule has 1 unspecified atom stereocenters. The summed E-state index contributed by atoms with van der Waals surface area (Å²) in [6.07, 6.45) is 2.30. The predicted octanol–water partition coefficient (Wildman–Crippen LogP) is 0.397. The van der Waals surface area contributed by atoms with Crippen LogP contribution >= 0.6 is 0 Å². The molecule has 0 aliphatic rings. The molecule has 1 amide bonds. The molecule has 10 heteroatoms. The normalized spacial score (nSPS) is 11.1. The van der Waals surface area contributed by atoms with Crippen LogP contribution in [0.15, 0.2) is 24.3 Å². The molecule has 0 spiro atoms. The van der Waals surface area contributed by atoms with E-state index < -0.39 is 22.9 Å². The maximum absolute atomic E-state index is 11.8. The van der Waals surface area contributed by atoms with Gasteiger partial charge in [0.05, 0.1) is 6.04 Å². The van der Waals surface area contributed by atoms with Crippen LogP contribution in [-0.4, -0.2) is 42.4 Å². The Morgan fingerprint density at radius 3 is 2.65 bits per heavy atom. The Morgan fingerprint density at radius 2 is 2.08 bits per heavy atom. The van der Waals surface area contributed by atoms with Gasteiger partial charge in [0.1, 0.15) is 12.0 Å². The van der Waals surface area contributed by atoms with Gasteiger partial charge in [0.2, 0.25) is 0 Å². The molecule has 1 rings (SSSR count). The van der Waals surface area contributed by atoms with Crippen LogP contribution in [0.25, 0.3) is 0 Å². The molecule has 26 heavy (non-hydrogen) atoms. The van der Waals surface area contributed by atoms with Crippen molar-refractivity contribution >= 4 is 18.2 Å². The van der Waals surface area contributed by atoms with Gasteiger partial charge < -0.3 is 20.2 Å². The van der Waals surface area contributed by atoms with E-state index in [1.165, 1.54) is 0 Å². The van der Waals surface area contributed by atoms with Crippen molar-refractivity contribution in [1.29, 1.82) is 5.41 Å². The number of amides is 1. The summed E-state index contributed by atoms with van der Waals surface area (Å²) in [5.41, 5.74) is 2.82. The fourth-order valence-corrected chi connectivity index (χ4v) is 2.06. The second kappa shape index (κ2) is 11.4. The van der Waals surface area contributed by atoms with E-state index in [4.69, 9.17) is 10.1 Å². The number of carbonyl (C=O) groups excluding carboxylic acids is 2. The quantitative estimate of drug-likeness (QED) is 0.111. The number of hydrogen-bond acceptors (Lipinski definition) is 6. The summed E-state index contributed by atoms with van der Waals surface area (Å²) >= 11 is 0. The fraction of sp³-hybridized carbons (Fsp3) is 0.438. The van der Waals surface area contributed by atoms with Crippen LogP contribution in [0.4, 0.5) is 0 Å². The van der Waals surface area contributed by atoms with Gasteiger partial charge in [-0.2, -0.15) is 0 Å². The number of guanidine groups is 1. The molecule has 10 nitrogen and oxygen atoms in total. The number of carbonyl (C=O) groups is 2. The summed E-state index contributed by atoms with van der Waals surface area (Å²) in [6.45, 7) is 2.09. The van der Waals surface area contributed by atoms with Gasteiger partial charge in [-0.05, 0) is 37.0 Å². The maximum atomic E-state index is 11.8. The van der Waals surface area contributed by atoms with Crippen molar-refractivity contribution in [1.82, 2.24) is 16.1 Å². The van der Waals surface area contributed by atoms with Crippen molar-refractivity contribution in [2.24, 2.45) is 0 Å². The lowest BCUT2D eigenvalue weighted by Gasteiger charge is -2.13. The van der Waals surface area contributed by atoms with Gasteiger partial charge in [-0.15, -0.1) is 0 Å². The first-order valence-corrected chi connectivity index (χ1v) is 8.14. The minimum absolute atomic E-state index is 0.203. The topological polar surface area (TPSA) is 146 Å². The molecule has 4 N–H and O–H groups in total. The van der Waals surface area contributed by atoms with Crippen molar-refractivity contribution in [3.8, 4) is 5.75 Å². The first-order chi connectivity index (χ1) is 12.4. The zero-order chi connectivity index (χ0) is 19.4. The smallest absolute Gasteiger partial charge is 0.258 e. The number of hydrogen-bond donors (Lipinski definition) is 4. The maximum Gasteiger partial charge on any atom is 0.258 e. The molecule has 0 aliphatic heterocycles. The monoisotopic (exact) mass is 365 g/mol. The Bertz CT molecular complexity index is 620. The second-order valence-corrected chi connectivity index (χ2v) is 5.41. The Hall–Kier alpha value is -3.17. The van der Waals surface area contributed by atoms with E-state index in [0.29, 0.717) is 24.9 Å². The van der Waals surface area contributed by atoms with Gasteiger partial charge >= 0.3 is 0 Å². The highest BCUT2D eigenvalue weighted by atomic mass is 16.7. The minimum atomic E-state index is -0.848. The van der Waals surface area contributed by atoms with Crippen LogP contribution in [0.5, 0.6) is 5.75 Å². The van der Waals surface area contributed by atoms with E-state index >= 15 is 0 Å². The summed E-state index contributed by atoms with van der Waals surface area (Å²) in [4.78, 5) is 33.0. The molecule has 0 heterocycles. The second-order valence-electron chi connectivity index (χ2n) is 5.41. The van der Waals surface area contributed by atoms with Crippen molar-refractivity contribution in [3.63, 3.8) is 0 Å². The Morgan fingerprint density at radius 1 is 1.38 bits per heavy atom. The van der Waals surface area contributed by atoms with Crippen LogP contribution in [0.3, 0.4) is 0 Å². The van der Waals surface area contributed by atoms with E-state index in [1.807, 2.05) is 19.1 Å². The van der Waals surface area contributed by atoms with Gasteiger partial charge in [-0.3, -0.25) is 10.2 Å². The summed E-state index contributed by atoms with van der Waals surface area (Å²) in [6, 6.07) is 6.71. The molecular formula is C16H23N5O5. The van der Waals surface area contributed by atoms with Crippen molar-refractivity contribution in [2.75, 3.05) is 13.2 Å². The highest BCUT2D eigenvalue weighted by Gasteiger charge is 2.12. The van der Waals surface area contributed by atoms with Crippen LogP contribution in [0.1, 0.15) is 25.3 Å². The van der Waals surface area contributed by atoms with E-state index in [2.05, 4.69) is 10.6 Å². The molecule has 1 aromatic carbocycles. The van der Waals surface area contributed by atoms with Crippen LogP contribution in [0, 0.1) is 15.5 Å². The largest absolute Gasteiger partial charge is 0.484 e. The Balaban J connectivity index is 2.26. The zero-order valence-electron chi connectivity index (χ0n) is 14.5. The molecule has 0 aromatic heterocycles. The zero-order valence-corrected chi connectivity index (χ0v) is 14.5. The lowest BCUT2D eigenvalue weighted by molar-refractivity contribution is -0.525. The molecule has 1 aromatic rings. The molecule has 142 valence electrons. The average molecular weight is 365 g/mol. The number of hydrazine groups is 1. The van der Waals surface area contributed by atoms with Gasteiger partial charge in [0.25, 0.3) is 11.9 Å². The third kappa shape index (κ3) is 8.62. The molecule has 1 atom stereocenters. The minimum Gasteiger partial charge on any atom is -0.484 e. The highest BCUT2D eigenvalue weighted by Crippen LogP contribution is 2.12. The molecule has 0 saturated heterocycles. The third-order valence-corrected chi connectivity index (χ3v) is 3.41. The molecular weight excluding hydrogens is 342 g/mol. The number of nitro groups is 1. The van der Waals surface area contributed by atoms with Crippen LogP contribution < -0.4 is 20.8 Å². The average Bonchev–Trinajstić information content (AvgIpc) is 2.62. The Kier molecular flexibility index (Phi) is 9.15. The standard InChI is InChI=1S/C16H23N5O5/c1-2-12-5-7-14(8-6-12)26-11-15(23)19-13(10-22)4-3-9-18-16(17)20-21(24)25/h5-8,10,13H,2-4,9,11H2,1H3,(H,19,23)(H3,17,18,20). The first kappa shape index (κ1) is 20.9. The molecule has 0 radical (unpaired) electrons. The SMILES string of the molecule is CCc1ccc(OCC(=O)NC(C=O)CCCNC(=N)N[N+](=O)[O-])cc1. The summed E-state index contributed by atoms with van der Waals surface area (Å²) < 4.78 is 5.37. The van der Waals surface area contributed by atoms with Gasteiger partial charge in [-0.25, -0.2) is 10.1 Å². The van der Waals surface area contributed by atoms with Crippen molar-refractivity contribution in [3.05, 3.63) is 39.9 Å². The molecule has 0 saturated carbocycles. The fourth-order valence-electron chi connectivity index (χ4n) is 2.06. The third-order valence-electron chi connectivity index (χ3n) is 3.41. The lowest BCUT2D eigenvalue weighted by Crippen LogP contribution is -2.41. The van der Waals surface area contributed by atoms with Gasteiger partial charge in [-0.1, -0.05) is 24.5 Å². The van der Waals surface area contributed by atoms with E-state index in [0.717, 1.165) is 12.0 Å². The number of nitrogens with zero attached hydrogens (tertiary/aromatic N) is 1. The van der Waals surface area contributed by atoms with Crippen LogP contribution in [0.2, 0.25) is 0 Å². The number of rotatable bonds is 11. The number of aldehydes is 1. The summed E-state index contributed by atoms with van der Waals surface area (Å²) in [7, 11) is 0. The first-order valence-electron chi connectivity index (χ1n) is 8.14. The summed E-state index contributed by atoms with van der Waals surface area (Å²) in [5, 5.41) is 21.5. The highest BCUT2D eigenvalue weighted by molar-refractivity contribution is 5.80. The number of aryl methyl sites for hydroxylation is 1. The number of benzene rings is 1. The predicted molar refractivity (Wildman–Crippen MR) is 94.4 cm³/mol. The summed E-state index contributed by atoms with van der Waals surface area (Å²) in [5.74, 6) is -0.289. The van der Waals surface area contributed by atoms with Crippen molar-refractivity contribution < 1.29 is 19.4 Å². The number of ether oxygens (including phenoxy) is 1. The van der Waals surface area contributed by atoms with Gasteiger partial charge in [0, 0.05) is 6.54 Å². The molecule has 0 bridgehead atoms. The van der Waals surface area contributed by atoms with Gasteiger partial charge in [0.15, 0.2) is 11.6 Å². The van der Waals surface area contributed by atoms with Crippen LogP contribution in [-0.2, 0) is 16.0 Å². The molecule has 0 aliphatic carbocycles. The Labute approximate surface area is 150 Å². The van der Waals surface area contributed by atoms with E-state index in [9.17, 15) is 19.7 Å². The van der Waals surface area contributed by atoms with E-state index in [-0.39, 0.29) is 13.2 Å². The van der Waals surface area contributed by atoms with E-state index in [1.54, 1.807) is 17.6 Å². The van der Waals surface area contributed by atoms with Crippen molar-refractivity contribution in [2.45, 2.75) is 32.2 Å². The molecule has 0 fully saturated rings. The number of nitrogens with one attached hydrogen (secondary N) is 4. The lowest BCUT2D eigenvalue weighted by atomic mass is 10.1.